The van der Waals surface area contributed by atoms with Crippen LogP contribution in [0, 0.1) is 0 Å². The third kappa shape index (κ3) is 4.47. The van der Waals surface area contributed by atoms with Crippen molar-refractivity contribution in [1.29, 1.82) is 0 Å². The molecule has 0 spiro atoms. The van der Waals surface area contributed by atoms with Crippen LogP contribution in [0.4, 0.5) is 4.79 Å². The predicted molar refractivity (Wildman–Crippen MR) is 90.4 cm³/mol. The maximum atomic E-state index is 12.0. The van der Waals surface area contributed by atoms with Gasteiger partial charge in [-0.1, -0.05) is 0 Å². The average molecular weight is 403 g/mol. The molecule has 1 aromatic rings. The van der Waals surface area contributed by atoms with Crippen molar-refractivity contribution >= 4 is 27.9 Å². The van der Waals surface area contributed by atoms with Gasteiger partial charge in [0, 0.05) is 19.6 Å². The first-order chi connectivity index (χ1) is 11.5. The first kappa shape index (κ1) is 18.7. The van der Waals surface area contributed by atoms with E-state index >= 15 is 0 Å². The van der Waals surface area contributed by atoms with Crippen molar-refractivity contribution in [2.45, 2.75) is 32.3 Å². The Labute approximate surface area is 149 Å². The zero-order chi connectivity index (χ0) is 17.6. The Bertz CT molecular complexity index is 570. The number of hydrogen-bond donors (Lipinski definition) is 2. The number of esters is 1. The van der Waals surface area contributed by atoms with Crippen LogP contribution in [-0.2, 0) is 19.9 Å². The molecule has 8 nitrogen and oxygen atoms in total. The van der Waals surface area contributed by atoms with Crippen LogP contribution < -0.4 is 5.32 Å². The van der Waals surface area contributed by atoms with E-state index in [-0.39, 0.29) is 12.6 Å². The number of aromatic nitrogens is 2. The van der Waals surface area contributed by atoms with Crippen LogP contribution in [0.1, 0.15) is 32.4 Å². The quantitative estimate of drug-likeness (QED) is 0.706. The summed E-state index contributed by atoms with van der Waals surface area (Å²) in [7, 11) is 0. The summed E-state index contributed by atoms with van der Waals surface area (Å²) < 4.78 is 11.6. The second-order valence-corrected chi connectivity index (χ2v) is 6.33. The van der Waals surface area contributed by atoms with Crippen molar-refractivity contribution in [3.63, 3.8) is 0 Å². The highest BCUT2D eigenvalue weighted by atomic mass is 79.9. The molecule has 0 radical (unpaired) electrons. The van der Waals surface area contributed by atoms with E-state index in [1.807, 2.05) is 13.0 Å². The second kappa shape index (κ2) is 8.48. The van der Waals surface area contributed by atoms with Crippen LogP contribution in [0.3, 0.4) is 0 Å². The number of nitrogens with zero attached hydrogens (tertiary/aromatic N) is 2. The van der Waals surface area contributed by atoms with Gasteiger partial charge >= 0.3 is 12.0 Å². The summed E-state index contributed by atoms with van der Waals surface area (Å²) in [5.74, 6) is -0.401. The molecule has 0 aliphatic carbocycles. The zero-order valence-corrected chi connectivity index (χ0v) is 15.5. The van der Waals surface area contributed by atoms with Gasteiger partial charge in [0.25, 0.3) is 0 Å². The summed E-state index contributed by atoms with van der Waals surface area (Å²) in [6, 6.07) is 1.76. The van der Waals surface area contributed by atoms with E-state index in [1.165, 1.54) is 0 Å². The van der Waals surface area contributed by atoms with Gasteiger partial charge in [0.05, 0.1) is 12.3 Å². The van der Waals surface area contributed by atoms with Crippen molar-refractivity contribution < 1.29 is 19.1 Å². The minimum absolute atomic E-state index is 0.0812. The standard InChI is InChI=1S/C15H23BrN4O4/c1-3-17-14(22)20-7-5-15(6-8-20,11-9-12(16)19-18-11)24-10-13(21)23-4-2/h9H,3-8,10H2,1-2H3,(H,17,22)(H,18,19). The molecule has 0 saturated carbocycles. The second-order valence-electron chi connectivity index (χ2n) is 5.51. The molecule has 9 heteroatoms. The van der Waals surface area contributed by atoms with Crippen molar-refractivity contribution in [3.8, 4) is 0 Å². The molecule has 1 aliphatic rings. The monoisotopic (exact) mass is 402 g/mol. The van der Waals surface area contributed by atoms with E-state index in [0.717, 1.165) is 5.69 Å². The Morgan fingerprint density at radius 1 is 1.42 bits per heavy atom. The smallest absolute Gasteiger partial charge is 0.332 e. The summed E-state index contributed by atoms with van der Waals surface area (Å²) in [5, 5.41) is 9.83. The van der Waals surface area contributed by atoms with Gasteiger partial charge in [-0.05, 0) is 48.7 Å². The molecule has 0 unspecified atom stereocenters. The highest BCUT2D eigenvalue weighted by Crippen LogP contribution is 2.36. The van der Waals surface area contributed by atoms with Gasteiger partial charge in [-0.15, -0.1) is 0 Å². The Morgan fingerprint density at radius 3 is 2.67 bits per heavy atom. The Hall–Kier alpha value is -1.61. The van der Waals surface area contributed by atoms with Gasteiger partial charge in [0.2, 0.25) is 0 Å². The minimum Gasteiger partial charge on any atom is -0.464 e. The molecule has 0 bridgehead atoms. The molecular formula is C15H23BrN4O4. The Kier molecular flexibility index (Phi) is 6.61. The highest BCUT2D eigenvalue weighted by molar-refractivity contribution is 9.10. The SMILES string of the molecule is CCNC(=O)N1CCC(OCC(=O)OCC)(c2cc(Br)n[nH]2)CC1. The van der Waals surface area contributed by atoms with Crippen molar-refractivity contribution in [1.82, 2.24) is 20.4 Å². The fourth-order valence-electron chi connectivity index (χ4n) is 2.76. The molecule has 1 aliphatic heterocycles. The summed E-state index contributed by atoms with van der Waals surface area (Å²) in [6.45, 7) is 5.48. The number of amides is 2. The van der Waals surface area contributed by atoms with Crippen LogP contribution in [0.25, 0.3) is 0 Å². The number of carbonyl (C=O) groups excluding carboxylic acids is 2. The molecule has 1 aromatic heterocycles. The number of likely N-dealkylation sites (tertiary alicyclic amines) is 1. The third-order valence-electron chi connectivity index (χ3n) is 4.00. The van der Waals surface area contributed by atoms with Gasteiger partial charge in [0.1, 0.15) is 16.8 Å². The molecule has 134 valence electrons. The van der Waals surface area contributed by atoms with E-state index in [1.54, 1.807) is 11.8 Å². The lowest BCUT2D eigenvalue weighted by Crippen LogP contribution is -2.50. The van der Waals surface area contributed by atoms with E-state index in [9.17, 15) is 9.59 Å². The first-order valence-corrected chi connectivity index (χ1v) is 8.83. The van der Waals surface area contributed by atoms with Crippen molar-refractivity contribution in [2.24, 2.45) is 0 Å². The van der Waals surface area contributed by atoms with E-state index in [0.29, 0.717) is 43.7 Å². The first-order valence-electron chi connectivity index (χ1n) is 8.04. The number of halogens is 1. The molecule has 2 heterocycles. The predicted octanol–water partition coefficient (Wildman–Crippen LogP) is 1.77. The van der Waals surface area contributed by atoms with Gasteiger partial charge in [-0.2, -0.15) is 5.10 Å². The van der Waals surface area contributed by atoms with Gasteiger partial charge in [0.15, 0.2) is 0 Å². The molecule has 0 atom stereocenters. The van der Waals surface area contributed by atoms with Crippen LogP contribution in [0.2, 0.25) is 0 Å². The third-order valence-corrected chi connectivity index (χ3v) is 4.40. The maximum absolute atomic E-state index is 12.0. The molecule has 2 N–H and O–H groups in total. The fraction of sp³-hybridized carbons (Fsp3) is 0.667. The number of carbonyl (C=O) groups is 2. The lowest BCUT2D eigenvalue weighted by Gasteiger charge is -2.40. The summed E-state index contributed by atoms with van der Waals surface area (Å²) in [4.78, 5) is 25.4. The number of ether oxygens (including phenoxy) is 2. The number of piperidine rings is 1. The maximum Gasteiger partial charge on any atom is 0.332 e. The van der Waals surface area contributed by atoms with Gasteiger partial charge in [-0.3, -0.25) is 5.10 Å². The highest BCUT2D eigenvalue weighted by Gasteiger charge is 2.40. The van der Waals surface area contributed by atoms with Crippen LogP contribution >= 0.6 is 15.9 Å². The van der Waals surface area contributed by atoms with E-state index < -0.39 is 11.6 Å². The molecule has 24 heavy (non-hydrogen) atoms. The molecule has 2 amide bonds. The molecule has 1 fully saturated rings. The van der Waals surface area contributed by atoms with Crippen molar-refractivity contribution in [3.05, 3.63) is 16.4 Å². The number of aromatic amines is 1. The van der Waals surface area contributed by atoms with E-state index in [2.05, 4.69) is 31.4 Å². The normalized spacial score (nSPS) is 16.7. The van der Waals surface area contributed by atoms with Crippen LogP contribution in [0.5, 0.6) is 0 Å². The molecule has 0 aromatic carbocycles. The number of hydrogen-bond acceptors (Lipinski definition) is 5. The number of nitrogens with one attached hydrogen (secondary N) is 2. The Balaban J connectivity index is 2.08. The lowest BCUT2D eigenvalue weighted by molar-refractivity contribution is -0.160. The fourth-order valence-corrected chi connectivity index (χ4v) is 3.07. The topological polar surface area (TPSA) is 96.6 Å². The molecule has 2 rings (SSSR count). The average Bonchev–Trinajstić information content (AvgIpc) is 3.01. The van der Waals surface area contributed by atoms with Gasteiger partial charge in [-0.25, -0.2) is 9.59 Å². The minimum atomic E-state index is -0.686. The number of rotatable bonds is 6. The summed E-state index contributed by atoms with van der Waals surface area (Å²) in [5.41, 5.74) is 0.101. The van der Waals surface area contributed by atoms with Crippen LogP contribution in [-0.4, -0.2) is 59.9 Å². The van der Waals surface area contributed by atoms with Gasteiger partial charge < -0.3 is 19.7 Å². The molecule has 1 saturated heterocycles. The summed E-state index contributed by atoms with van der Waals surface area (Å²) in [6.07, 6.45) is 1.14. The van der Waals surface area contributed by atoms with E-state index in [4.69, 9.17) is 9.47 Å². The van der Waals surface area contributed by atoms with Crippen LogP contribution in [0.15, 0.2) is 10.7 Å². The number of urea groups is 1. The largest absolute Gasteiger partial charge is 0.464 e. The molecular weight excluding hydrogens is 380 g/mol. The summed E-state index contributed by atoms with van der Waals surface area (Å²) >= 11 is 3.32. The number of H-pyrrole nitrogens is 1. The zero-order valence-electron chi connectivity index (χ0n) is 13.9. The lowest BCUT2D eigenvalue weighted by atomic mass is 9.88. The van der Waals surface area contributed by atoms with Crippen molar-refractivity contribution in [2.75, 3.05) is 32.8 Å². The Morgan fingerprint density at radius 2 is 2.12 bits per heavy atom.